The van der Waals surface area contributed by atoms with Crippen LogP contribution in [0.3, 0.4) is 0 Å². The zero-order valence-electron chi connectivity index (χ0n) is 12.1. The lowest BCUT2D eigenvalue weighted by atomic mass is 10.0. The Bertz CT molecular complexity index is 839. The summed E-state index contributed by atoms with van der Waals surface area (Å²) in [6.07, 6.45) is 0. The highest BCUT2D eigenvalue weighted by Crippen LogP contribution is 2.27. The number of carboxylic acid groups (broad SMARTS) is 1. The number of ether oxygens (including phenoxy) is 1. The average Bonchev–Trinajstić information content (AvgIpc) is 2.95. The Morgan fingerprint density at radius 2 is 1.91 bits per heavy atom. The molecular formula is C16H12FN3O3. The molecule has 0 aliphatic heterocycles. The molecule has 2 aromatic carbocycles. The summed E-state index contributed by atoms with van der Waals surface area (Å²) in [6.45, 7) is 1.82. The molecule has 23 heavy (non-hydrogen) atoms. The van der Waals surface area contributed by atoms with Crippen LogP contribution in [0.4, 0.5) is 4.39 Å². The first-order valence-electron chi connectivity index (χ1n) is 6.73. The molecule has 0 unspecified atom stereocenters. The fourth-order valence-electron chi connectivity index (χ4n) is 2.16. The second-order valence-corrected chi connectivity index (χ2v) is 4.94. The van der Waals surface area contributed by atoms with E-state index in [-0.39, 0.29) is 17.4 Å². The lowest BCUT2D eigenvalue weighted by molar-refractivity contribution is 0.0687. The van der Waals surface area contributed by atoms with Crippen LogP contribution in [0.2, 0.25) is 0 Å². The number of nitrogens with one attached hydrogen (secondary N) is 1. The second-order valence-electron chi connectivity index (χ2n) is 4.94. The van der Waals surface area contributed by atoms with E-state index in [1.165, 1.54) is 12.1 Å². The predicted molar refractivity (Wildman–Crippen MR) is 80.0 cm³/mol. The molecule has 2 N–H and O–H groups in total. The van der Waals surface area contributed by atoms with Crippen molar-refractivity contribution in [2.75, 3.05) is 0 Å². The maximum atomic E-state index is 13.5. The number of carboxylic acids is 1. The summed E-state index contributed by atoms with van der Waals surface area (Å²) in [5.74, 6) is -1.23. The normalized spacial score (nSPS) is 10.5. The van der Waals surface area contributed by atoms with Crippen LogP contribution in [0.25, 0.3) is 11.1 Å². The van der Waals surface area contributed by atoms with Crippen LogP contribution in [0.5, 0.6) is 11.6 Å². The summed E-state index contributed by atoms with van der Waals surface area (Å²) in [4.78, 5) is 10.9. The third kappa shape index (κ3) is 3.18. The van der Waals surface area contributed by atoms with Gasteiger partial charge in [-0.05, 0) is 47.9 Å². The van der Waals surface area contributed by atoms with Crippen molar-refractivity contribution in [3.8, 4) is 22.8 Å². The lowest BCUT2D eigenvalue weighted by Crippen LogP contribution is -1.99. The van der Waals surface area contributed by atoms with Crippen molar-refractivity contribution < 1.29 is 19.0 Å². The molecule has 0 fully saturated rings. The number of aromatic carboxylic acids is 1. The van der Waals surface area contributed by atoms with Crippen LogP contribution in [-0.4, -0.2) is 26.5 Å². The molecular weight excluding hydrogens is 301 g/mol. The third-order valence-corrected chi connectivity index (χ3v) is 3.17. The summed E-state index contributed by atoms with van der Waals surface area (Å²) >= 11 is 0. The van der Waals surface area contributed by atoms with E-state index >= 15 is 0 Å². The number of H-pyrrole nitrogens is 1. The first-order valence-corrected chi connectivity index (χ1v) is 6.73. The van der Waals surface area contributed by atoms with Crippen LogP contribution in [0.15, 0.2) is 42.5 Å². The zero-order chi connectivity index (χ0) is 16.4. The third-order valence-electron chi connectivity index (χ3n) is 3.17. The number of aromatic amines is 1. The highest BCUT2D eigenvalue weighted by molar-refractivity contribution is 5.87. The minimum Gasteiger partial charge on any atom is -0.476 e. The first-order chi connectivity index (χ1) is 11.0. The van der Waals surface area contributed by atoms with E-state index in [4.69, 9.17) is 9.84 Å². The van der Waals surface area contributed by atoms with Crippen molar-refractivity contribution in [1.82, 2.24) is 15.4 Å². The van der Waals surface area contributed by atoms with Gasteiger partial charge in [0.25, 0.3) is 5.88 Å². The Balaban J connectivity index is 1.84. The van der Waals surface area contributed by atoms with Crippen LogP contribution < -0.4 is 4.74 Å². The van der Waals surface area contributed by atoms with Crippen molar-refractivity contribution in [1.29, 1.82) is 0 Å². The molecule has 0 bridgehead atoms. The van der Waals surface area contributed by atoms with Gasteiger partial charge in [0.15, 0.2) is 0 Å². The minimum absolute atomic E-state index is 0.119. The number of rotatable bonds is 4. The quantitative estimate of drug-likeness (QED) is 0.770. The predicted octanol–water partition coefficient (Wildman–Crippen LogP) is 3.41. The molecule has 7 heteroatoms. The zero-order valence-corrected chi connectivity index (χ0v) is 12.1. The van der Waals surface area contributed by atoms with E-state index in [2.05, 4.69) is 15.4 Å². The molecule has 1 heterocycles. The van der Waals surface area contributed by atoms with Gasteiger partial charge in [-0.2, -0.15) is 0 Å². The number of hydrogen-bond acceptors (Lipinski definition) is 4. The molecule has 1 aromatic heterocycles. The molecule has 0 aliphatic carbocycles. The van der Waals surface area contributed by atoms with E-state index in [0.717, 1.165) is 16.7 Å². The molecule has 0 radical (unpaired) electrons. The number of halogens is 1. The Hall–Kier alpha value is -3.22. The molecule has 3 rings (SSSR count). The van der Waals surface area contributed by atoms with Gasteiger partial charge < -0.3 is 9.84 Å². The van der Waals surface area contributed by atoms with Crippen molar-refractivity contribution >= 4 is 5.97 Å². The number of aryl methyl sites for hydroxylation is 1. The molecule has 0 saturated heterocycles. The number of aromatic nitrogens is 3. The molecule has 3 aromatic rings. The Labute approximate surface area is 130 Å². The largest absolute Gasteiger partial charge is 0.476 e. The average molecular weight is 313 g/mol. The molecule has 0 saturated carbocycles. The molecule has 6 nitrogen and oxygen atoms in total. The van der Waals surface area contributed by atoms with E-state index in [1.54, 1.807) is 24.3 Å². The summed E-state index contributed by atoms with van der Waals surface area (Å²) in [5.41, 5.74) is 2.17. The molecule has 0 aliphatic rings. The van der Waals surface area contributed by atoms with E-state index in [0.29, 0.717) is 5.75 Å². The molecule has 0 atom stereocenters. The van der Waals surface area contributed by atoms with Gasteiger partial charge in [-0.25, -0.2) is 14.3 Å². The SMILES string of the molecule is Cc1cc(F)cc(-c2ccc(Oc3nn[nH]c3C(=O)O)cc2)c1. The lowest BCUT2D eigenvalue weighted by Gasteiger charge is -2.06. The molecule has 0 spiro atoms. The van der Waals surface area contributed by atoms with Crippen molar-refractivity contribution in [3.05, 3.63) is 59.5 Å². The fourth-order valence-corrected chi connectivity index (χ4v) is 2.16. The summed E-state index contributed by atoms with van der Waals surface area (Å²) in [7, 11) is 0. The van der Waals surface area contributed by atoms with Gasteiger partial charge in [0.2, 0.25) is 5.69 Å². The number of hydrogen-bond donors (Lipinski definition) is 2. The van der Waals surface area contributed by atoms with Gasteiger partial charge in [0.05, 0.1) is 0 Å². The maximum absolute atomic E-state index is 13.5. The van der Waals surface area contributed by atoms with Crippen molar-refractivity contribution in [2.24, 2.45) is 0 Å². The monoisotopic (exact) mass is 313 g/mol. The van der Waals surface area contributed by atoms with Crippen LogP contribution in [0.1, 0.15) is 16.1 Å². The van der Waals surface area contributed by atoms with E-state index in [1.807, 2.05) is 13.0 Å². The smallest absolute Gasteiger partial charge is 0.359 e. The van der Waals surface area contributed by atoms with Crippen molar-refractivity contribution in [3.63, 3.8) is 0 Å². The van der Waals surface area contributed by atoms with Gasteiger partial charge in [-0.3, -0.25) is 0 Å². The molecule has 0 amide bonds. The Morgan fingerprint density at radius 1 is 1.17 bits per heavy atom. The summed E-state index contributed by atoms with van der Waals surface area (Å²) < 4.78 is 18.9. The Morgan fingerprint density at radius 3 is 2.57 bits per heavy atom. The van der Waals surface area contributed by atoms with E-state index in [9.17, 15) is 9.18 Å². The highest BCUT2D eigenvalue weighted by Gasteiger charge is 2.16. The Kier molecular flexibility index (Phi) is 3.76. The summed E-state index contributed by atoms with van der Waals surface area (Å²) in [6, 6.07) is 11.6. The van der Waals surface area contributed by atoms with Gasteiger partial charge in [0.1, 0.15) is 11.6 Å². The van der Waals surface area contributed by atoms with Crippen LogP contribution >= 0.6 is 0 Å². The van der Waals surface area contributed by atoms with Gasteiger partial charge in [0, 0.05) is 0 Å². The molecule has 116 valence electrons. The topological polar surface area (TPSA) is 88.1 Å². The van der Waals surface area contributed by atoms with Gasteiger partial charge >= 0.3 is 5.97 Å². The van der Waals surface area contributed by atoms with Gasteiger partial charge in [-0.15, -0.1) is 0 Å². The number of benzene rings is 2. The standard InChI is InChI=1S/C16H12FN3O3/c1-9-6-11(8-12(17)7-9)10-2-4-13(5-3-10)23-15-14(16(21)22)18-20-19-15/h2-8H,1H3,(H,21,22)(H,18,19,20). The maximum Gasteiger partial charge on any atom is 0.359 e. The number of nitrogens with zero attached hydrogens (tertiary/aromatic N) is 2. The van der Waals surface area contributed by atoms with E-state index < -0.39 is 5.97 Å². The van der Waals surface area contributed by atoms with Crippen molar-refractivity contribution in [2.45, 2.75) is 6.92 Å². The number of carbonyl (C=O) groups is 1. The summed E-state index contributed by atoms with van der Waals surface area (Å²) in [5, 5.41) is 18.2. The minimum atomic E-state index is -1.21. The van der Waals surface area contributed by atoms with Crippen LogP contribution in [0, 0.1) is 12.7 Å². The highest BCUT2D eigenvalue weighted by atomic mass is 19.1. The second kappa shape index (κ2) is 5.88. The first kappa shape index (κ1) is 14.7. The van der Waals surface area contributed by atoms with Crippen LogP contribution in [-0.2, 0) is 0 Å². The fraction of sp³-hybridized carbons (Fsp3) is 0.0625. The van der Waals surface area contributed by atoms with Gasteiger partial charge in [-0.1, -0.05) is 28.5 Å².